The minimum absolute atomic E-state index is 0.639. The molecule has 0 saturated carbocycles. The highest BCUT2D eigenvalue weighted by atomic mass is 15.2. The highest BCUT2D eigenvalue weighted by molar-refractivity contribution is 4.77. The van der Waals surface area contributed by atoms with Gasteiger partial charge in [0.15, 0.2) is 0 Å². The van der Waals surface area contributed by atoms with E-state index in [2.05, 4.69) is 24.3 Å². The van der Waals surface area contributed by atoms with Crippen molar-refractivity contribution in [1.82, 2.24) is 10.2 Å². The zero-order valence-electron chi connectivity index (χ0n) is 5.35. The highest BCUT2D eigenvalue weighted by Crippen LogP contribution is 2.04. The van der Waals surface area contributed by atoms with Crippen molar-refractivity contribution < 1.29 is 0 Å². The molecule has 0 aromatic rings. The first-order valence-corrected chi connectivity index (χ1v) is 3.04. The Balaban J connectivity index is 2.22. The quantitative estimate of drug-likeness (QED) is 0.517. The highest BCUT2D eigenvalue weighted by Gasteiger charge is 2.16. The Morgan fingerprint density at radius 3 is 2.75 bits per heavy atom. The molecule has 1 heterocycles. The van der Waals surface area contributed by atoms with E-state index in [1.165, 1.54) is 13.0 Å². The van der Waals surface area contributed by atoms with Gasteiger partial charge < -0.3 is 10.2 Å². The minimum Gasteiger partial charge on any atom is -0.311 e. The molecule has 1 unspecified atom stereocenters. The Kier molecular flexibility index (Phi) is 1.86. The molecule has 0 spiro atoms. The number of likely N-dealkylation sites (tertiary alicyclic amines) is 1. The molecule has 0 aromatic heterocycles. The van der Waals surface area contributed by atoms with E-state index in [4.69, 9.17) is 0 Å². The van der Waals surface area contributed by atoms with Crippen molar-refractivity contribution in [2.75, 3.05) is 20.1 Å². The topological polar surface area (TPSA) is 15.3 Å². The van der Waals surface area contributed by atoms with Crippen LogP contribution in [0.5, 0.6) is 0 Å². The second-order valence-electron chi connectivity index (χ2n) is 2.45. The van der Waals surface area contributed by atoms with Crippen LogP contribution in [0, 0.1) is 7.05 Å². The van der Waals surface area contributed by atoms with E-state index < -0.39 is 0 Å². The van der Waals surface area contributed by atoms with Crippen molar-refractivity contribution in [1.29, 1.82) is 0 Å². The Hall–Kier alpha value is -0.0800. The molecule has 0 aromatic carbocycles. The smallest absolute Gasteiger partial charge is 0.0207 e. The number of nitrogens with one attached hydrogen (secondary N) is 1. The average Bonchev–Trinajstić information content (AvgIpc) is 2.14. The van der Waals surface area contributed by atoms with Gasteiger partial charge >= 0.3 is 0 Å². The monoisotopic (exact) mass is 113 g/mol. The van der Waals surface area contributed by atoms with E-state index in [0.29, 0.717) is 6.04 Å². The number of likely N-dealkylation sites (N-methyl/N-ethyl adjacent to an activating group) is 1. The molecule has 1 saturated heterocycles. The van der Waals surface area contributed by atoms with Crippen LogP contribution in [0.15, 0.2) is 0 Å². The molecule has 47 valence electrons. The summed E-state index contributed by atoms with van der Waals surface area (Å²) in [6, 6.07) is 0.639. The first kappa shape index (κ1) is 6.05. The molecule has 1 rings (SSSR count). The molecule has 8 heavy (non-hydrogen) atoms. The molecule has 2 heteroatoms. The number of nitrogens with zero attached hydrogens (tertiary/aromatic N) is 1. The van der Waals surface area contributed by atoms with Crippen LogP contribution in [-0.4, -0.2) is 31.1 Å². The lowest BCUT2D eigenvalue weighted by molar-refractivity contribution is 0.405. The maximum Gasteiger partial charge on any atom is 0.0207 e. The fourth-order valence-electron chi connectivity index (χ4n) is 1.10. The van der Waals surface area contributed by atoms with Gasteiger partial charge in [-0.15, -0.1) is 0 Å². The normalized spacial score (nSPS) is 31.5. The molecular formula is C6H13N2. The van der Waals surface area contributed by atoms with Gasteiger partial charge in [-0.05, 0) is 20.0 Å². The Morgan fingerprint density at radius 1 is 1.75 bits per heavy atom. The molecular weight excluding hydrogens is 100 g/mol. The molecule has 2 nitrogen and oxygen atoms in total. The zero-order valence-corrected chi connectivity index (χ0v) is 5.35. The third-order valence-corrected chi connectivity index (χ3v) is 1.68. The lowest BCUT2D eigenvalue weighted by Crippen LogP contribution is -2.26. The zero-order chi connectivity index (χ0) is 5.98. The van der Waals surface area contributed by atoms with E-state index >= 15 is 0 Å². The predicted molar refractivity (Wildman–Crippen MR) is 34.4 cm³/mol. The first-order valence-electron chi connectivity index (χ1n) is 3.04. The van der Waals surface area contributed by atoms with Crippen LogP contribution in [0.1, 0.15) is 6.42 Å². The number of hydrogen-bond donors (Lipinski definition) is 1. The molecule has 1 radical (unpaired) electrons. The van der Waals surface area contributed by atoms with Crippen LogP contribution >= 0.6 is 0 Å². The third-order valence-electron chi connectivity index (χ3n) is 1.68. The van der Waals surface area contributed by atoms with Crippen LogP contribution in [0.25, 0.3) is 0 Å². The Morgan fingerprint density at radius 2 is 2.50 bits per heavy atom. The van der Waals surface area contributed by atoms with E-state index in [1.807, 2.05) is 0 Å². The van der Waals surface area contributed by atoms with Crippen LogP contribution < -0.4 is 5.32 Å². The molecule has 0 aliphatic carbocycles. The van der Waals surface area contributed by atoms with Gasteiger partial charge in [-0.25, -0.2) is 0 Å². The van der Waals surface area contributed by atoms with Crippen LogP contribution in [-0.2, 0) is 0 Å². The van der Waals surface area contributed by atoms with E-state index in [0.717, 1.165) is 6.54 Å². The van der Waals surface area contributed by atoms with Gasteiger partial charge in [0.2, 0.25) is 0 Å². The SMILES string of the molecule is [CH2]NC1CCN(C)C1. The predicted octanol–water partition coefficient (Wildman–Crippen LogP) is 0.0717. The Bertz CT molecular complexity index is 72.9. The van der Waals surface area contributed by atoms with Crippen LogP contribution in [0.3, 0.4) is 0 Å². The molecule has 1 aliphatic heterocycles. The van der Waals surface area contributed by atoms with Gasteiger partial charge in [-0.2, -0.15) is 0 Å². The summed E-state index contributed by atoms with van der Waals surface area (Å²) >= 11 is 0. The lowest BCUT2D eigenvalue weighted by Gasteiger charge is -2.07. The minimum atomic E-state index is 0.639. The maximum atomic E-state index is 3.63. The van der Waals surface area contributed by atoms with E-state index in [-0.39, 0.29) is 0 Å². The number of hydrogen-bond acceptors (Lipinski definition) is 2. The molecule has 1 atom stereocenters. The largest absolute Gasteiger partial charge is 0.311 e. The fraction of sp³-hybridized carbons (Fsp3) is 0.833. The Labute approximate surface area is 50.9 Å². The van der Waals surface area contributed by atoms with Crippen molar-refractivity contribution in [3.63, 3.8) is 0 Å². The van der Waals surface area contributed by atoms with Gasteiger partial charge in [-0.3, -0.25) is 0 Å². The molecule has 1 aliphatic rings. The van der Waals surface area contributed by atoms with Gasteiger partial charge in [0.1, 0.15) is 0 Å². The summed E-state index contributed by atoms with van der Waals surface area (Å²) in [4.78, 5) is 2.31. The second-order valence-corrected chi connectivity index (χ2v) is 2.45. The van der Waals surface area contributed by atoms with E-state index in [9.17, 15) is 0 Å². The van der Waals surface area contributed by atoms with Crippen molar-refractivity contribution >= 4 is 0 Å². The standard InChI is InChI=1S/C6H13N2/c1-7-6-3-4-8(2)5-6/h6-7H,1,3-5H2,2H3. The lowest BCUT2D eigenvalue weighted by atomic mass is 10.3. The van der Waals surface area contributed by atoms with Crippen LogP contribution in [0.4, 0.5) is 0 Å². The van der Waals surface area contributed by atoms with Gasteiger partial charge in [0, 0.05) is 19.6 Å². The van der Waals surface area contributed by atoms with Gasteiger partial charge in [-0.1, -0.05) is 0 Å². The molecule has 1 N–H and O–H groups in total. The second kappa shape index (κ2) is 2.46. The molecule has 0 amide bonds. The summed E-state index contributed by atoms with van der Waals surface area (Å²) < 4.78 is 0. The summed E-state index contributed by atoms with van der Waals surface area (Å²) in [7, 11) is 5.76. The molecule has 1 fully saturated rings. The van der Waals surface area contributed by atoms with Crippen molar-refractivity contribution in [2.24, 2.45) is 0 Å². The summed E-state index contributed by atoms with van der Waals surface area (Å²) in [5.41, 5.74) is 0. The summed E-state index contributed by atoms with van der Waals surface area (Å²) in [5, 5.41) is 3.00. The van der Waals surface area contributed by atoms with Gasteiger partial charge in [0.05, 0.1) is 0 Å². The summed E-state index contributed by atoms with van der Waals surface area (Å²) in [5.74, 6) is 0. The third kappa shape index (κ3) is 1.20. The maximum absolute atomic E-state index is 3.63. The van der Waals surface area contributed by atoms with Gasteiger partial charge in [0.25, 0.3) is 0 Å². The molecule has 0 bridgehead atoms. The fourth-order valence-corrected chi connectivity index (χ4v) is 1.10. The first-order chi connectivity index (χ1) is 3.83. The van der Waals surface area contributed by atoms with Crippen molar-refractivity contribution in [2.45, 2.75) is 12.5 Å². The van der Waals surface area contributed by atoms with Crippen LogP contribution in [0.2, 0.25) is 0 Å². The van der Waals surface area contributed by atoms with E-state index in [1.54, 1.807) is 0 Å². The van der Waals surface area contributed by atoms with Crippen molar-refractivity contribution in [3.05, 3.63) is 7.05 Å². The average molecular weight is 113 g/mol. The van der Waals surface area contributed by atoms with Crippen molar-refractivity contribution in [3.8, 4) is 0 Å². The summed E-state index contributed by atoms with van der Waals surface area (Å²) in [6.45, 7) is 2.37. The summed E-state index contributed by atoms with van der Waals surface area (Å²) in [6.07, 6.45) is 1.25. The number of rotatable bonds is 1.